The van der Waals surface area contributed by atoms with Gasteiger partial charge >= 0.3 is 0 Å². The average Bonchev–Trinajstić information content (AvgIpc) is 2.57. The molecule has 1 heterocycles. The smallest absolute Gasteiger partial charge is 0.0203 e. The Hall–Kier alpha value is 0.440. The molecular weight excluding hydrogens is 250 g/mol. The van der Waals surface area contributed by atoms with E-state index in [1.807, 2.05) is 0 Å². The fourth-order valence-corrected chi connectivity index (χ4v) is 3.43. The molecule has 0 saturated carbocycles. The van der Waals surface area contributed by atoms with Crippen LogP contribution in [0.3, 0.4) is 0 Å². The van der Waals surface area contributed by atoms with Crippen molar-refractivity contribution in [3.8, 4) is 0 Å². The van der Waals surface area contributed by atoms with Crippen LogP contribution in [0.15, 0.2) is 0 Å². The van der Waals surface area contributed by atoms with E-state index in [2.05, 4.69) is 55.4 Å². The van der Waals surface area contributed by atoms with Crippen LogP contribution in [-0.4, -0.2) is 28.4 Å². The van der Waals surface area contributed by atoms with E-state index in [0.29, 0.717) is 11.0 Å². The topological polar surface area (TPSA) is 3.24 Å². The van der Waals surface area contributed by atoms with Gasteiger partial charge in [0, 0.05) is 23.5 Å². The predicted octanol–water partition coefficient (Wildman–Crippen LogP) is 4.06. The fraction of sp³-hybridized carbons (Fsp3) is 1.00. The minimum atomic E-state index is 0.310. The van der Waals surface area contributed by atoms with Gasteiger partial charge in [-0.1, -0.05) is 29.8 Å². The lowest BCUT2D eigenvalue weighted by molar-refractivity contribution is 0.117. The largest absolute Gasteiger partial charge is 0.294 e. The van der Waals surface area contributed by atoms with Crippen molar-refractivity contribution in [1.29, 1.82) is 0 Å². The molecule has 0 spiro atoms. The number of halogens is 1. The predicted molar refractivity (Wildman–Crippen MR) is 71.7 cm³/mol. The molecule has 15 heavy (non-hydrogen) atoms. The van der Waals surface area contributed by atoms with E-state index in [-0.39, 0.29) is 0 Å². The first-order valence-electron chi connectivity index (χ1n) is 6.21. The number of alkyl halides is 1. The molecule has 90 valence electrons. The highest BCUT2D eigenvalue weighted by molar-refractivity contribution is 9.09. The molecule has 0 aliphatic carbocycles. The van der Waals surface area contributed by atoms with Crippen LogP contribution in [0, 0.1) is 5.41 Å². The van der Waals surface area contributed by atoms with Crippen LogP contribution in [0.25, 0.3) is 0 Å². The van der Waals surface area contributed by atoms with Crippen molar-refractivity contribution in [1.82, 2.24) is 4.90 Å². The summed E-state index contributed by atoms with van der Waals surface area (Å²) in [6.07, 6.45) is 4.00. The van der Waals surface area contributed by atoms with E-state index in [9.17, 15) is 0 Å². The molecule has 0 bridgehead atoms. The maximum Gasteiger partial charge on any atom is 0.0203 e. The Kier molecular flexibility index (Phi) is 4.27. The van der Waals surface area contributed by atoms with Crippen molar-refractivity contribution < 1.29 is 0 Å². The Morgan fingerprint density at radius 3 is 2.07 bits per heavy atom. The number of nitrogens with zero attached hydrogens (tertiary/aromatic N) is 1. The molecule has 0 aromatic heterocycles. The fourth-order valence-electron chi connectivity index (χ4n) is 2.85. The van der Waals surface area contributed by atoms with Gasteiger partial charge in [0.05, 0.1) is 0 Å². The molecule has 1 rings (SSSR count). The molecule has 0 radical (unpaired) electrons. The molecule has 0 aromatic carbocycles. The van der Waals surface area contributed by atoms with Crippen molar-refractivity contribution in [2.75, 3.05) is 11.9 Å². The highest BCUT2D eigenvalue weighted by atomic mass is 79.9. The first kappa shape index (κ1) is 13.5. The Morgan fingerprint density at radius 2 is 1.80 bits per heavy atom. The van der Waals surface area contributed by atoms with Crippen LogP contribution < -0.4 is 0 Å². The minimum Gasteiger partial charge on any atom is -0.294 e. The van der Waals surface area contributed by atoms with Crippen LogP contribution in [0.2, 0.25) is 0 Å². The second-order valence-corrected chi connectivity index (χ2v) is 6.67. The van der Waals surface area contributed by atoms with Gasteiger partial charge in [0.2, 0.25) is 0 Å². The molecule has 0 aromatic rings. The first-order chi connectivity index (χ1) is 6.88. The molecule has 1 aliphatic rings. The van der Waals surface area contributed by atoms with E-state index < -0.39 is 0 Å². The van der Waals surface area contributed by atoms with Crippen molar-refractivity contribution in [2.24, 2.45) is 5.41 Å². The monoisotopic (exact) mass is 275 g/mol. The number of hydrogen-bond donors (Lipinski definition) is 0. The van der Waals surface area contributed by atoms with Gasteiger partial charge in [-0.05, 0) is 45.4 Å². The van der Waals surface area contributed by atoms with E-state index >= 15 is 0 Å². The Labute approximate surface area is 104 Å². The summed E-state index contributed by atoms with van der Waals surface area (Å²) in [5, 5.41) is 1.12. The van der Waals surface area contributed by atoms with Crippen molar-refractivity contribution in [2.45, 2.75) is 65.5 Å². The summed E-state index contributed by atoms with van der Waals surface area (Å²) in [7, 11) is 0. The van der Waals surface area contributed by atoms with E-state index in [4.69, 9.17) is 0 Å². The average molecular weight is 276 g/mol. The van der Waals surface area contributed by atoms with Crippen molar-refractivity contribution >= 4 is 15.9 Å². The molecule has 1 nitrogen and oxygen atoms in total. The lowest BCUT2D eigenvalue weighted by Crippen LogP contribution is -2.45. The van der Waals surface area contributed by atoms with Crippen molar-refractivity contribution in [3.05, 3.63) is 0 Å². The summed E-state index contributed by atoms with van der Waals surface area (Å²) >= 11 is 3.68. The molecule has 1 saturated heterocycles. The van der Waals surface area contributed by atoms with Gasteiger partial charge in [0.25, 0.3) is 0 Å². The summed E-state index contributed by atoms with van der Waals surface area (Å²) in [5.74, 6) is 0. The summed E-state index contributed by atoms with van der Waals surface area (Å²) in [6, 6.07) is 0.727. The maximum absolute atomic E-state index is 3.68. The third-order valence-electron chi connectivity index (χ3n) is 4.15. The van der Waals surface area contributed by atoms with Gasteiger partial charge in [-0.2, -0.15) is 0 Å². The molecule has 1 atom stereocenters. The lowest BCUT2D eigenvalue weighted by Gasteiger charge is -2.37. The molecule has 1 aliphatic heterocycles. The molecule has 1 fully saturated rings. The van der Waals surface area contributed by atoms with Gasteiger partial charge in [0.15, 0.2) is 0 Å². The lowest BCUT2D eigenvalue weighted by atomic mass is 9.80. The van der Waals surface area contributed by atoms with Crippen LogP contribution in [0.4, 0.5) is 0 Å². The van der Waals surface area contributed by atoms with Crippen LogP contribution in [0.1, 0.15) is 53.9 Å². The van der Waals surface area contributed by atoms with Gasteiger partial charge < -0.3 is 0 Å². The third-order valence-corrected chi connectivity index (χ3v) is 4.90. The van der Waals surface area contributed by atoms with Gasteiger partial charge in [-0.25, -0.2) is 0 Å². The van der Waals surface area contributed by atoms with E-state index in [1.54, 1.807) is 0 Å². The number of hydrogen-bond acceptors (Lipinski definition) is 1. The summed E-state index contributed by atoms with van der Waals surface area (Å²) in [5.41, 5.74) is 0.885. The standard InChI is InChI=1S/C13H26BrN/c1-6-13(7-2)8-11(9-14)15(10-13)12(3,4)5/h11H,6-10H2,1-5H3. The maximum atomic E-state index is 3.68. The minimum absolute atomic E-state index is 0.310. The zero-order chi connectivity index (χ0) is 11.7. The van der Waals surface area contributed by atoms with Gasteiger partial charge in [0.1, 0.15) is 0 Å². The summed E-state index contributed by atoms with van der Waals surface area (Å²) in [4.78, 5) is 2.69. The highest BCUT2D eigenvalue weighted by Crippen LogP contribution is 2.43. The molecule has 0 amide bonds. The molecular formula is C13H26BrN. The Balaban J connectivity index is 2.83. The summed E-state index contributed by atoms with van der Waals surface area (Å²) in [6.45, 7) is 13.0. The zero-order valence-corrected chi connectivity index (χ0v) is 12.5. The van der Waals surface area contributed by atoms with E-state index in [0.717, 1.165) is 11.4 Å². The van der Waals surface area contributed by atoms with Crippen LogP contribution in [0.5, 0.6) is 0 Å². The van der Waals surface area contributed by atoms with E-state index in [1.165, 1.54) is 25.8 Å². The van der Waals surface area contributed by atoms with Gasteiger partial charge in [-0.3, -0.25) is 4.90 Å². The second-order valence-electron chi connectivity index (χ2n) is 6.02. The Bertz CT molecular complexity index is 203. The SMILES string of the molecule is CCC1(CC)CC(CBr)N(C(C)(C)C)C1. The number of rotatable bonds is 3. The zero-order valence-electron chi connectivity index (χ0n) is 10.9. The molecule has 0 N–H and O–H groups in total. The first-order valence-corrected chi connectivity index (χ1v) is 7.33. The number of likely N-dealkylation sites (tertiary alicyclic amines) is 1. The quantitative estimate of drug-likeness (QED) is 0.703. The van der Waals surface area contributed by atoms with Gasteiger partial charge in [-0.15, -0.1) is 0 Å². The summed E-state index contributed by atoms with van der Waals surface area (Å²) < 4.78 is 0. The van der Waals surface area contributed by atoms with Crippen molar-refractivity contribution in [3.63, 3.8) is 0 Å². The Morgan fingerprint density at radius 1 is 1.27 bits per heavy atom. The molecule has 1 unspecified atom stereocenters. The highest BCUT2D eigenvalue weighted by Gasteiger charge is 2.44. The second kappa shape index (κ2) is 4.75. The third kappa shape index (κ3) is 2.76. The van der Waals surface area contributed by atoms with Crippen LogP contribution in [-0.2, 0) is 0 Å². The van der Waals surface area contributed by atoms with Crippen LogP contribution >= 0.6 is 15.9 Å². The normalized spacial score (nSPS) is 27.2. The molecule has 2 heteroatoms.